The topological polar surface area (TPSA) is 35.6 Å². The number of rotatable bonds is 3. The third kappa shape index (κ3) is 2.81. The molecule has 5 rings (SSSR count). The smallest absolute Gasteiger partial charge is 0.265 e. The molecule has 1 saturated heterocycles. The Morgan fingerprint density at radius 1 is 0.893 bits per heavy atom. The summed E-state index contributed by atoms with van der Waals surface area (Å²) in [5.41, 5.74) is 7.68. The summed E-state index contributed by atoms with van der Waals surface area (Å²) in [7, 11) is 0. The van der Waals surface area contributed by atoms with Crippen LogP contribution < -0.4 is 10.3 Å². The number of amides is 1. The van der Waals surface area contributed by atoms with E-state index in [1.54, 1.807) is 5.01 Å². The predicted molar refractivity (Wildman–Crippen MR) is 112 cm³/mol. The number of carbonyl (C=O) groups excluding carboxylic acids is 1. The Hall–Kier alpha value is -2.98. The Morgan fingerprint density at radius 3 is 2.39 bits per heavy atom. The summed E-state index contributed by atoms with van der Waals surface area (Å²) < 4.78 is 0. The van der Waals surface area contributed by atoms with Crippen LogP contribution in [0.25, 0.3) is 0 Å². The molecule has 1 amide bonds. The molecule has 28 heavy (non-hydrogen) atoms. The average molecular weight is 390 g/mol. The summed E-state index contributed by atoms with van der Waals surface area (Å²) in [4.78, 5) is 15.7. The molecule has 0 spiro atoms. The van der Waals surface area contributed by atoms with Crippen LogP contribution in [0.15, 0.2) is 78.9 Å². The first-order chi connectivity index (χ1) is 13.7. The molecule has 0 aromatic heterocycles. The molecular weight excluding hydrogens is 370 g/mol. The molecule has 3 aromatic rings. The van der Waals surface area contributed by atoms with Gasteiger partial charge in [0.2, 0.25) is 0 Å². The summed E-state index contributed by atoms with van der Waals surface area (Å²) >= 11 is 6.12. The standard InChI is InChI=1S/C23H20ClN3O/c24-18-13-10-17(11-14-18)22-26-20-9-5-4-6-16(20)12-15-21(26)23(28)27(22)25-19-7-2-1-3-8-19/h1-11,13-14,21-22,25H,12,15H2. The number of hydrogen-bond acceptors (Lipinski definition) is 3. The van der Waals surface area contributed by atoms with Crippen LogP contribution in [0, 0.1) is 0 Å². The minimum atomic E-state index is -0.239. The predicted octanol–water partition coefficient (Wildman–Crippen LogP) is 5.03. The molecule has 0 aliphatic carbocycles. The lowest BCUT2D eigenvalue weighted by molar-refractivity contribution is -0.128. The Kier molecular flexibility index (Phi) is 4.21. The van der Waals surface area contributed by atoms with Gasteiger partial charge in [-0.1, -0.05) is 60.1 Å². The van der Waals surface area contributed by atoms with Gasteiger partial charge in [0, 0.05) is 10.7 Å². The second-order valence-electron chi connectivity index (χ2n) is 7.20. The largest absolute Gasteiger partial charge is 0.333 e. The average Bonchev–Trinajstić information content (AvgIpc) is 3.02. The number of hydrazine groups is 1. The van der Waals surface area contributed by atoms with Crippen LogP contribution >= 0.6 is 11.6 Å². The van der Waals surface area contributed by atoms with Gasteiger partial charge in [-0.3, -0.25) is 10.2 Å². The summed E-state index contributed by atoms with van der Waals surface area (Å²) in [6.07, 6.45) is 1.49. The monoisotopic (exact) mass is 389 g/mol. The Morgan fingerprint density at radius 2 is 1.61 bits per heavy atom. The number of hydrogen-bond donors (Lipinski definition) is 1. The maximum Gasteiger partial charge on any atom is 0.265 e. The van der Waals surface area contributed by atoms with Crippen LogP contribution in [0.1, 0.15) is 23.7 Å². The molecule has 1 N–H and O–H groups in total. The molecule has 2 unspecified atom stereocenters. The Labute approximate surface area is 169 Å². The van der Waals surface area contributed by atoms with E-state index in [1.807, 2.05) is 60.7 Å². The van der Waals surface area contributed by atoms with Crippen molar-refractivity contribution in [3.63, 3.8) is 0 Å². The third-order valence-electron chi connectivity index (χ3n) is 5.51. The molecule has 0 saturated carbocycles. The lowest BCUT2D eigenvalue weighted by Crippen LogP contribution is -2.38. The molecule has 5 heteroatoms. The van der Waals surface area contributed by atoms with Crippen molar-refractivity contribution < 1.29 is 4.79 Å². The number of benzene rings is 3. The summed E-state index contributed by atoms with van der Waals surface area (Å²) in [6, 6.07) is 25.8. The van der Waals surface area contributed by atoms with Gasteiger partial charge in [0.1, 0.15) is 6.04 Å². The summed E-state index contributed by atoms with van der Waals surface area (Å²) in [5.74, 6) is 0.0957. The third-order valence-corrected chi connectivity index (χ3v) is 5.77. The van der Waals surface area contributed by atoms with E-state index in [-0.39, 0.29) is 18.1 Å². The number of anilines is 2. The number of carbonyl (C=O) groups is 1. The van der Waals surface area contributed by atoms with E-state index >= 15 is 0 Å². The van der Waals surface area contributed by atoms with E-state index in [0.29, 0.717) is 5.02 Å². The highest BCUT2D eigenvalue weighted by atomic mass is 35.5. The zero-order valence-corrected chi connectivity index (χ0v) is 16.0. The first-order valence-electron chi connectivity index (χ1n) is 9.49. The minimum Gasteiger partial charge on any atom is -0.333 e. The van der Waals surface area contributed by atoms with Gasteiger partial charge >= 0.3 is 0 Å². The van der Waals surface area contributed by atoms with Crippen LogP contribution in [0.2, 0.25) is 5.02 Å². The first kappa shape index (κ1) is 17.1. The quantitative estimate of drug-likeness (QED) is 0.682. The molecule has 140 valence electrons. The number of aryl methyl sites for hydroxylation is 1. The highest BCUT2D eigenvalue weighted by molar-refractivity contribution is 6.30. The van der Waals surface area contributed by atoms with Crippen molar-refractivity contribution in [1.82, 2.24) is 5.01 Å². The van der Waals surface area contributed by atoms with Crippen LogP contribution in [-0.2, 0) is 11.2 Å². The maximum absolute atomic E-state index is 13.4. The second-order valence-corrected chi connectivity index (χ2v) is 7.64. The molecule has 4 nitrogen and oxygen atoms in total. The fourth-order valence-electron chi connectivity index (χ4n) is 4.24. The molecule has 2 aliphatic rings. The van der Waals surface area contributed by atoms with Crippen molar-refractivity contribution in [2.75, 3.05) is 10.3 Å². The van der Waals surface area contributed by atoms with Crippen molar-refractivity contribution in [3.8, 4) is 0 Å². The van der Waals surface area contributed by atoms with Gasteiger partial charge in [0.25, 0.3) is 5.91 Å². The Balaban J connectivity index is 1.62. The van der Waals surface area contributed by atoms with Gasteiger partial charge in [0.15, 0.2) is 6.17 Å². The van der Waals surface area contributed by atoms with Crippen LogP contribution in [0.5, 0.6) is 0 Å². The number of fused-ring (bicyclic) bond motifs is 3. The van der Waals surface area contributed by atoms with E-state index in [0.717, 1.165) is 29.8 Å². The van der Waals surface area contributed by atoms with Crippen molar-refractivity contribution in [1.29, 1.82) is 0 Å². The lowest BCUT2D eigenvalue weighted by atomic mass is 9.96. The molecule has 2 aliphatic heterocycles. The summed E-state index contributed by atoms with van der Waals surface area (Å²) in [5, 5.41) is 2.46. The number of halogens is 1. The zero-order valence-electron chi connectivity index (χ0n) is 15.3. The molecule has 0 radical (unpaired) electrons. The lowest BCUT2D eigenvalue weighted by Gasteiger charge is -2.37. The van der Waals surface area contributed by atoms with E-state index < -0.39 is 0 Å². The van der Waals surface area contributed by atoms with Gasteiger partial charge in [-0.2, -0.15) is 0 Å². The highest BCUT2D eigenvalue weighted by Gasteiger charge is 2.49. The van der Waals surface area contributed by atoms with E-state index in [1.165, 1.54) is 5.56 Å². The molecule has 3 aromatic carbocycles. The van der Waals surface area contributed by atoms with Crippen molar-refractivity contribution >= 4 is 28.9 Å². The second kappa shape index (κ2) is 6.88. The zero-order chi connectivity index (χ0) is 19.1. The molecule has 2 heterocycles. The fraction of sp³-hybridized carbons (Fsp3) is 0.174. The first-order valence-corrected chi connectivity index (χ1v) is 9.87. The maximum atomic E-state index is 13.4. The fourth-order valence-corrected chi connectivity index (χ4v) is 4.36. The van der Waals surface area contributed by atoms with Crippen LogP contribution in [0.3, 0.4) is 0 Å². The molecule has 0 bridgehead atoms. The van der Waals surface area contributed by atoms with Gasteiger partial charge < -0.3 is 4.90 Å². The minimum absolute atomic E-state index is 0.0957. The number of nitrogens with one attached hydrogen (secondary N) is 1. The summed E-state index contributed by atoms with van der Waals surface area (Å²) in [6.45, 7) is 0. The Bertz CT molecular complexity index is 1010. The van der Waals surface area contributed by atoms with Crippen molar-refractivity contribution in [2.45, 2.75) is 25.0 Å². The molecule has 1 fully saturated rings. The van der Waals surface area contributed by atoms with E-state index in [4.69, 9.17) is 11.6 Å². The normalized spacial score (nSPS) is 20.7. The van der Waals surface area contributed by atoms with E-state index in [2.05, 4.69) is 28.5 Å². The van der Waals surface area contributed by atoms with Crippen LogP contribution in [-0.4, -0.2) is 17.0 Å². The van der Waals surface area contributed by atoms with Gasteiger partial charge in [-0.15, -0.1) is 0 Å². The van der Waals surface area contributed by atoms with Gasteiger partial charge in [-0.05, 0) is 54.3 Å². The highest BCUT2D eigenvalue weighted by Crippen LogP contribution is 2.44. The van der Waals surface area contributed by atoms with Crippen molar-refractivity contribution in [3.05, 3.63) is 95.0 Å². The van der Waals surface area contributed by atoms with Gasteiger partial charge in [0.05, 0.1) is 5.69 Å². The van der Waals surface area contributed by atoms with Crippen LogP contribution in [0.4, 0.5) is 11.4 Å². The number of para-hydroxylation sites is 2. The SMILES string of the molecule is O=C1C2CCc3ccccc3N2C(c2ccc(Cl)cc2)N1Nc1ccccc1. The molecular formula is C23H20ClN3O. The van der Waals surface area contributed by atoms with Gasteiger partial charge in [-0.25, -0.2) is 5.01 Å². The van der Waals surface area contributed by atoms with Crippen molar-refractivity contribution in [2.24, 2.45) is 0 Å². The molecule has 2 atom stereocenters. The number of nitrogens with zero attached hydrogens (tertiary/aromatic N) is 2. The van der Waals surface area contributed by atoms with E-state index in [9.17, 15) is 4.79 Å².